The number of nitro groups is 1. The number of esters is 1. The lowest BCUT2D eigenvalue weighted by molar-refractivity contribution is -0.384. The molecule has 0 spiro atoms. The van der Waals surface area contributed by atoms with Crippen molar-refractivity contribution in [3.8, 4) is 0 Å². The maximum absolute atomic E-state index is 12.7. The Morgan fingerprint density at radius 3 is 2.36 bits per heavy atom. The van der Waals surface area contributed by atoms with Crippen LogP contribution in [-0.4, -0.2) is 42.2 Å². The van der Waals surface area contributed by atoms with E-state index in [2.05, 4.69) is 0 Å². The Balaban J connectivity index is 2.37. The predicted octanol–water partition coefficient (Wildman–Crippen LogP) is 1.47. The first-order chi connectivity index (χ1) is 11.8. The fraction of sp³-hybridized carbons (Fsp3) is 0.467. The molecule has 0 bridgehead atoms. The Morgan fingerprint density at radius 2 is 1.88 bits per heavy atom. The molecule has 1 saturated heterocycles. The molecule has 9 nitrogen and oxygen atoms in total. The van der Waals surface area contributed by atoms with Gasteiger partial charge in [0.05, 0.1) is 22.3 Å². The highest BCUT2D eigenvalue weighted by Crippen LogP contribution is 2.36. The minimum Gasteiger partial charge on any atom is -0.464 e. The predicted molar refractivity (Wildman–Crippen MR) is 85.9 cm³/mol. The van der Waals surface area contributed by atoms with E-state index in [9.17, 15) is 28.1 Å². The van der Waals surface area contributed by atoms with Crippen molar-refractivity contribution in [3.63, 3.8) is 0 Å². The lowest BCUT2D eigenvalue weighted by atomic mass is 9.86. The third kappa shape index (κ3) is 3.34. The van der Waals surface area contributed by atoms with Crippen molar-refractivity contribution in [1.29, 1.82) is 0 Å². The van der Waals surface area contributed by atoms with Crippen LogP contribution in [0.4, 0.5) is 5.69 Å². The summed E-state index contributed by atoms with van der Waals surface area (Å²) in [6.45, 7) is 3.47. The summed E-state index contributed by atoms with van der Waals surface area (Å²) in [7, 11) is -4.30. The highest BCUT2D eigenvalue weighted by atomic mass is 32.2. The summed E-state index contributed by atoms with van der Waals surface area (Å²) < 4.78 is 30.8. The minimum atomic E-state index is -4.30. The van der Waals surface area contributed by atoms with Gasteiger partial charge in [-0.1, -0.05) is 13.3 Å². The number of hydrogen-bond donors (Lipinski definition) is 0. The number of sulfonamides is 1. The number of β-lactam (4-membered cyclic amide) rings is 1. The molecule has 0 unspecified atom stereocenters. The number of carbonyl (C=O) groups is 2. The van der Waals surface area contributed by atoms with Gasteiger partial charge in [0.1, 0.15) is 0 Å². The maximum atomic E-state index is 12.7. The third-order valence-electron chi connectivity index (χ3n) is 3.90. The zero-order valence-corrected chi connectivity index (χ0v) is 14.6. The van der Waals surface area contributed by atoms with Crippen LogP contribution < -0.4 is 0 Å². The van der Waals surface area contributed by atoms with E-state index in [0.29, 0.717) is 17.1 Å². The first kappa shape index (κ1) is 18.8. The van der Waals surface area contributed by atoms with Crippen molar-refractivity contribution < 1.29 is 27.7 Å². The van der Waals surface area contributed by atoms with E-state index in [4.69, 9.17) is 4.74 Å². The number of amides is 1. The zero-order valence-electron chi connectivity index (χ0n) is 13.7. The van der Waals surface area contributed by atoms with Crippen LogP contribution >= 0.6 is 0 Å². The second kappa shape index (κ2) is 7.18. The van der Waals surface area contributed by atoms with E-state index >= 15 is 0 Å². The Morgan fingerprint density at radius 1 is 1.28 bits per heavy atom. The summed E-state index contributed by atoms with van der Waals surface area (Å²) in [5.74, 6) is -2.18. The largest absolute Gasteiger partial charge is 0.464 e. The molecule has 1 aromatic rings. The van der Waals surface area contributed by atoms with E-state index in [1.807, 2.05) is 6.92 Å². The first-order valence-electron chi connectivity index (χ1n) is 7.75. The molecule has 2 atom stereocenters. The van der Waals surface area contributed by atoms with Crippen molar-refractivity contribution in [3.05, 3.63) is 34.4 Å². The fourth-order valence-corrected chi connectivity index (χ4v) is 4.33. The van der Waals surface area contributed by atoms with Crippen LogP contribution in [-0.2, 0) is 24.3 Å². The van der Waals surface area contributed by atoms with Crippen LogP contribution in [0.3, 0.4) is 0 Å². The minimum absolute atomic E-state index is 0.0633. The van der Waals surface area contributed by atoms with Crippen LogP contribution in [0.1, 0.15) is 26.7 Å². The molecular formula is C15H18N2O7S. The molecule has 10 heteroatoms. The SMILES string of the molecule is CCC[C@@H]1C(=O)N(S(=O)(=O)c2ccc([N+](=O)[O-])cc2)[C@@H]1C(=O)OCC. The number of ether oxygens (including phenoxy) is 1. The molecule has 0 N–H and O–H groups in total. The van der Waals surface area contributed by atoms with Crippen molar-refractivity contribution >= 4 is 27.6 Å². The molecule has 0 saturated carbocycles. The van der Waals surface area contributed by atoms with Crippen LogP contribution in [0.15, 0.2) is 29.2 Å². The van der Waals surface area contributed by atoms with Crippen LogP contribution in [0.5, 0.6) is 0 Å². The molecule has 1 fully saturated rings. The second-order valence-electron chi connectivity index (χ2n) is 5.48. The van der Waals surface area contributed by atoms with Gasteiger partial charge in [-0.15, -0.1) is 0 Å². The topological polar surface area (TPSA) is 124 Å². The summed E-state index contributed by atoms with van der Waals surface area (Å²) in [6.07, 6.45) is 0.978. The highest BCUT2D eigenvalue weighted by Gasteiger charge is 2.57. The molecule has 1 amide bonds. The van der Waals surface area contributed by atoms with E-state index in [1.165, 1.54) is 0 Å². The molecule has 1 heterocycles. The Bertz CT molecular complexity index is 789. The quantitative estimate of drug-likeness (QED) is 0.308. The molecular weight excluding hydrogens is 352 g/mol. The number of non-ortho nitro benzene ring substituents is 1. The smallest absolute Gasteiger partial charge is 0.330 e. The average molecular weight is 370 g/mol. The third-order valence-corrected chi connectivity index (χ3v) is 5.69. The van der Waals surface area contributed by atoms with Crippen LogP contribution in [0, 0.1) is 16.0 Å². The summed E-state index contributed by atoms with van der Waals surface area (Å²) in [5.41, 5.74) is -0.278. The van der Waals surface area contributed by atoms with Crippen molar-refractivity contribution in [2.75, 3.05) is 6.61 Å². The monoisotopic (exact) mass is 370 g/mol. The standard InChI is InChI=1S/C15H18N2O7S/c1-3-5-12-13(15(19)24-4-2)16(14(12)18)25(22,23)11-8-6-10(7-9-11)17(20)21/h6-9,12-13H,3-5H2,1-2H3/t12-,13-/m0/s1. The highest BCUT2D eigenvalue weighted by molar-refractivity contribution is 7.89. The Labute approximate surface area is 144 Å². The molecule has 1 aliphatic heterocycles. The lowest BCUT2D eigenvalue weighted by Gasteiger charge is -2.43. The molecule has 2 rings (SSSR count). The van der Waals surface area contributed by atoms with Gasteiger partial charge < -0.3 is 4.74 Å². The maximum Gasteiger partial charge on any atom is 0.330 e. The zero-order chi connectivity index (χ0) is 18.8. The van der Waals surface area contributed by atoms with Gasteiger partial charge >= 0.3 is 5.97 Å². The van der Waals surface area contributed by atoms with Gasteiger partial charge in [-0.2, -0.15) is 0 Å². The number of benzene rings is 1. The number of nitrogens with zero attached hydrogens (tertiary/aromatic N) is 2. The number of nitro benzene ring substituents is 1. The number of hydrogen-bond acceptors (Lipinski definition) is 7. The van der Waals surface area contributed by atoms with Gasteiger partial charge in [-0.25, -0.2) is 17.5 Å². The average Bonchev–Trinajstić information content (AvgIpc) is 2.57. The fourth-order valence-electron chi connectivity index (χ4n) is 2.72. The molecule has 25 heavy (non-hydrogen) atoms. The molecule has 1 aliphatic rings. The van der Waals surface area contributed by atoms with E-state index in [0.717, 1.165) is 24.3 Å². The van der Waals surface area contributed by atoms with E-state index in [1.54, 1.807) is 6.92 Å². The van der Waals surface area contributed by atoms with Gasteiger partial charge in [-0.3, -0.25) is 14.9 Å². The van der Waals surface area contributed by atoms with Gasteiger partial charge in [0.2, 0.25) is 5.91 Å². The molecule has 0 aliphatic carbocycles. The van der Waals surface area contributed by atoms with Gasteiger partial charge in [0.15, 0.2) is 6.04 Å². The van der Waals surface area contributed by atoms with Gasteiger partial charge in [0, 0.05) is 12.1 Å². The summed E-state index contributed by atoms with van der Waals surface area (Å²) in [4.78, 5) is 34.1. The van der Waals surface area contributed by atoms with Crippen molar-refractivity contribution in [2.45, 2.75) is 37.6 Å². The Kier molecular flexibility index (Phi) is 5.41. The summed E-state index contributed by atoms with van der Waals surface area (Å²) in [6, 6.07) is 2.93. The molecule has 0 aromatic heterocycles. The number of carbonyl (C=O) groups excluding carboxylic acids is 2. The van der Waals surface area contributed by atoms with Crippen molar-refractivity contribution in [1.82, 2.24) is 4.31 Å². The van der Waals surface area contributed by atoms with Crippen molar-refractivity contribution in [2.24, 2.45) is 5.92 Å². The van der Waals surface area contributed by atoms with Gasteiger partial charge in [-0.05, 0) is 25.5 Å². The van der Waals surface area contributed by atoms with E-state index in [-0.39, 0.29) is 17.2 Å². The normalized spacial score (nSPS) is 20.1. The van der Waals surface area contributed by atoms with Crippen LogP contribution in [0.2, 0.25) is 0 Å². The second-order valence-corrected chi connectivity index (χ2v) is 7.30. The lowest BCUT2D eigenvalue weighted by Crippen LogP contribution is -2.66. The van der Waals surface area contributed by atoms with Gasteiger partial charge in [0.25, 0.3) is 15.7 Å². The first-order valence-corrected chi connectivity index (χ1v) is 9.19. The Hall–Kier alpha value is -2.49. The number of rotatable bonds is 7. The summed E-state index contributed by atoms with van der Waals surface area (Å²) >= 11 is 0. The molecule has 1 aromatic carbocycles. The van der Waals surface area contributed by atoms with E-state index < -0.39 is 38.8 Å². The van der Waals surface area contributed by atoms with Crippen LogP contribution in [0.25, 0.3) is 0 Å². The molecule has 136 valence electrons. The molecule has 0 radical (unpaired) electrons. The summed E-state index contributed by atoms with van der Waals surface area (Å²) in [5, 5.41) is 10.7.